The third kappa shape index (κ3) is 3.14. The molecule has 0 spiro atoms. The summed E-state index contributed by atoms with van der Waals surface area (Å²) in [4.78, 5) is 14.5. The Morgan fingerprint density at radius 1 is 1.57 bits per heavy atom. The predicted octanol–water partition coefficient (Wildman–Crippen LogP) is 1.28. The molecule has 4 heteroatoms. The van der Waals surface area contributed by atoms with Crippen LogP contribution in [0.2, 0.25) is 0 Å². The normalized spacial score (nSPS) is 10.1. The summed E-state index contributed by atoms with van der Waals surface area (Å²) in [6.45, 7) is 3.73. The van der Waals surface area contributed by atoms with Crippen molar-refractivity contribution in [2.24, 2.45) is 0 Å². The van der Waals surface area contributed by atoms with Crippen molar-refractivity contribution in [2.45, 2.75) is 19.9 Å². The van der Waals surface area contributed by atoms with Crippen molar-refractivity contribution >= 4 is 5.97 Å². The minimum Gasteiger partial charge on any atom is -0.478 e. The first-order valence-corrected chi connectivity index (χ1v) is 4.63. The Morgan fingerprint density at radius 2 is 2.36 bits per heavy atom. The highest BCUT2D eigenvalue weighted by atomic mass is 16.4. The Kier molecular flexibility index (Phi) is 4.07. The molecule has 1 aromatic heterocycles. The smallest absolute Gasteiger partial charge is 0.337 e. The van der Waals surface area contributed by atoms with Crippen molar-refractivity contribution in [1.29, 1.82) is 0 Å². The number of carboxylic acid groups (broad SMARTS) is 1. The van der Waals surface area contributed by atoms with Crippen LogP contribution < -0.4 is 5.32 Å². The standard InChI is InChI=1S/C10H14N2O2/c1-2-5-11-7-9-4-3-8(6-12-9)10(13)14/h3-4,6,11H,2,5,7H2,1H3,(H,13,14). The Morgan fingerprint density at radius 3 is 2.86 bits per heavy atom. The van der Waals surface area contributed by atoms with Gasteiger partial charge in [-0.3, -0.25) is 4.98 Å². The first kappa shape index (κ1) is 10.7. The second-order valence-electron chi connectivity index (χ2n) is 3.02. The Labute approximate surface area is 83.0 Å². The van der Waals surface area contributed by atoms with Crippen molar-refractivity contribution in [3.63, 3.8) is 0 Å². The molecule has 0 radical (unpaired) electrons. The number of aromatic carboxylic acids is 1. The van der Waals surface area contributed by atoms with Crippen LogP contribution in [-0.4, -0.2) is 22.6 Å². The molecule has 0 amide bonds. The molecule has 0 bridgehead atoms. The third-order valence-corrected chi connectivity index (χ3v) is 1.80. The van der Waals surface area contributed by atoms with Crippen molar-refractivity contribution < 1.29 is 9.90 Å². The van der Waals surface area contributed by atoms with Crippen LogP contribution in [0.1, 0.15) is 29.4 Å². The lowest BCUT2D eigenvalue weighted by Crippen LogP contribution is -2.14. The summed E-state index contributed by atoms with van der Waals surface area (Å²) in [5.74, 6) is -0.939. The molecule has 0 aromatic carbocycles. The van der Waals surface area contributed by atoms with Gasteiger partial charge in [0, 0.05) is 12.7 Å². The Bertz CT molecular complexity index is 295. The van der Waals surface area contributed by atoms with Gasteiger partial charge in [-0.2, -0.15) is 0 Å². The van der Waals surface area contributed by atoms with Gasteiger partial charge in [-0.15, -0.1) is 0 Å². The van der Waals surface area contributed by atoms with Crippen molar-refractivity contribution in [2.75, 3.05) is 6.54 Å². The number of nitrogens with zero attached hydrogens (tertiary/aromatic N) is 1. The lowest BCUT2D eigenvalue weighted by molar-refractivity contribution is 0.0696. The number of hydrogen-bond donors (Lipinski definition) is 2. The zero-order valence-corrected chi connectivity index (χ0v) is 8.16. The quantitative estimate of drug-likeness (QED) is 0.693. The zero-order valence-electron chi connectivity index (χ0n) is 8.16. The van der Waals surface area contributed by atoms with Gasteiger partial charge in [0.15, 0.2) is 0 Å². The highest BCUT2D eigenvalue weighted by Gasteiger charge is 2.01. The van der Waals surface area contributed by atoms with Crippen molar-refractivity contribution in [1.82, 2.24) is 10.3 Å². The highest BCUT2D eigenvalue weighted by Crippen LogP contribution is 1.99. The van der Waals surface area contributed by atoms with Gasteiger partial charge in [-0.25, -0.2) is 4.79 Å². The first-order chi connectivity index (χ1) is 6.74. The fraction of sp³-hybridized carbons (Fsp3) is 0.400. The van der Waals surface area contributed by atoms with Gasteiger partial charge in [0.05, 0.1) is 11.3 Å². The number of nitrogens with one attached hydrogen (secondary N) is 1. The van der Waals surface area contributed by atoms with E-state index in [2.05, 4.69) is 17.2 Å². The van der Waals surface area contributed by atoms with Crippen LogP contribution in [0.5, 0.6) is 0 Å². The van der Waals surface area contributed by atoms with Gasteiger partial charge in [0.25, 0.3) is 0 Å². The molecule has 0 fully saturated rings. The summed E-state index contributed by atoms with van der Waals surface area (Å²) in [5, 5.41) is 11.8. The maximum absolute atomic E-state index is 10.5. The van der Waals surface area contributed by atoms with E-state index in [-0.39, 0.29) is 5.56 Å². The second-order valence-corrected chi connectivity index (χ2v) is 3.02. The summed E-state index contributed by atoms with van der Waals surface area (Å²) in [7, 11) is 0. The highest BCUT2D eigenvalue weighted by molar-refractivity contribution is 5.87. The fourth-order valence-corrected chi connectivity index (χ4v) is 1.05. The second kappa shape index (κ2) is 5.34. The SMILES string of the molecule is CCCNCc1ccc(C(=O)O)cn1. The molecule has 76 valence electrons. The molecule has 0 saturated heterocycles. The van der Waals surface area contributed by atoms with Crippen molar-refractivity contribution in [3.05, 3.63) is 29.6 Å². The maximum atomic E-state index is 10.5. The van der Waals surface area contributed by atoms with Gasteiger partial charge in [0.2, 0.25) is 0 Å². The van der Waals surface area contributed by atoms with E-state index in [4.69, 9.17) is 5.11 Å². The number of rotatable bonds is 5. The first-order valence-electron chi connectivity index (χ1n) is 4.63. The van der Waals surface area contributed by atoms with E-state index in [1.807, 2.05) is 0 Å². The summed E-state index contributed by atoms with van der Waals surface area (Å²) in [5.41, 5.74) is 1.09. The number of carboxylic acids is 1. The number of aromatic nitrogens is 1. The monoisotopic (exact) mass is 194 g/mol. The van der Waals surface area contributed by atoms with E-state index in [0.29, 0.717) is 6.54 Å². The van der Waals surface area contributed by atoms with Crippen molar-refractivity contribution in [3.8, 4) is 0 Å². The van der Waals surface area contributed by atoms with Crippen LogP contribution in [-0.2, 0) is 6.54 Å². The molecular formula is C10H14N2O2. The summed E-state index contributed by atoms with van der Waals surface area (Å²) in [6.07, 6.45) is 2.46. The predicted molar refractivity (Wildman–Crippen MR) is 53.2 cm³/mol. The average molecular weight is 194 g/mol. The molecule has 0 saturated carbocycles. The van der Waals surface area contributed by atoms with E-state index in [1.54, 1.807) is 12.1 Å². The lowest BCUT2D eigenvalue weighted by atomic mass is 10.2. The van der Waals surface area contributed by atoms with Crippen LogP contribution >= 0.6 is 0 Å². The molecule has 4 nitrogen and oxygen atoms in total. The molecule has 1 aromatic rings. The molecule has 2 N–H and O–H groups in total. The van der Waals surface area contributed by atoms with Gasteiger partial charge < -0.3 is 10.4 Å². The van der Waals surface area contributed by atoms with Gasteiger partial charge in [0.1, 0.15) is 0 Å². The number of hydrogen-bond acceptors (Lipinski definition) is 3. The minimum atomic E-state index is -0.939. The van der Waals surface area contributed by atoms with Crippen LogP contribution in [0.4, 0.5) is 0 Å². The van der Waals surface area contributed by atoms with E-state index in [1.165, 1.54) is 6.20 Å². The van der Waals surface area contributed by atoms with E-state index < -0.39 is 5.97 Å². The van der Waals surface area contributed by atoms with Crippen LogP contribution in [0, 0.1) is 0 Å². The number of carbonyl (C=O) groups is 1. The van der Waals surface area contributed by atoms with E-state index >= 15 is 0 Å². The van der Waals surface area contributed by atoms with Crippen LogP contribution in [0.15, 0.2) is 18.3 Å². The molecule has 0 aliphatic rings. The molecule has 14 heavy (non-hydrogen) atoms. The molecule has 0 atom stereocenters. The summed E-state index contributed by atoms with van der Waals surface area (Å²) in [6, 6.07) is 3.30. The van der Waals surface area contributed by atoms with Crippen LogP contribution in [0.25, 0.3) is 0 Å². The fourth-order valence-electron chi connectivity index (χ4n) is 1.05. The molecule has 0 aliphatic carbocycles. The van der Waals surface area contributed by atoms with Crippen LogP contribution in [0.3, 0.4) is 0 Å². The lowest BCUT2D eigenvalue weighted by Gasteiger charge is -2.02. The van der Waals surface area contributed by atoms with Gasteiger partial charge >= 0.3 is 5.97 Å². The molecule has 1 rings (SSSR count). The Hall–Kier alpha value is -1.42. The largest absolute Gasteiger partial charge is 0.478 e. The van der Waals surface area contributed by atoms with E-state index in [0.717, 1.165) is 18.7 Å². The number of pyridine rings is 1. The van der Waals surface area contributed by atoms with Gasteiger partial charge in [-0.05, 0) is 25.1 Å². The summed E-state index contributed by atoms with van der Waals surface area (Å²) >= 11 is 0. The Balaban J connectivity index is 2.51. The molecule has 0 unspecified atom stereocenters. The average Bonchev–Trinajstić information content (AvgIpc) is 2.19. The van der Waals surface area contributed by atoms with Gasteiger partial charge in [-0.1, -0.05) is 6.92 Å². The maximum Gasteiger partial charge on any atom is 0.337 e. The molecular weight excluding hydrogens is 180 g/mol. The summed E-state index contributed by atoms with van der Waals surface area (Å²) < 4.78 is 0. The van der Waals surface area contributed by atoms with E-state index in [9.17, 15) is 4.79 Å². The topological polar surface area (TPSA) is 62.2 Å². The third-order valence-electron chi connectivity index (χ3n) is 1.80. The molecule has 1 heterocycles. The molecule has 0 aliphatic heterocycles. The zero-order chi connectivity index (χ0) is 10.4. The minimum absolute atomic E-state index is 0.226.